The highest BCUT2D eigenvalue weighted by Gasteiger charge is 2.49. The number of esters is 1. The summed E-state index contributed by atoms with van der Waals surface area (Å²) in [7, 11) is 1.49. The second kappa shape index (κ2) is 8.74. The molecule has 1 rings (SSSR count). The van der Waals surface area contributed by atoms with Gasteiger partial charge in [0.25, 0.3) is 0 Å². The van der Waals surface area contributed by atoms with Gasteiger partial charge < -0.3 is 9.47 Å². The van der Waals surface area contributed by atoms with E-state index in [1.807, 2.05) is 0 Å². The van der Waals surface area contributed by atoms with Crippen molar-refractivity contribution >= 4 is 5.97 Å². The zero-order valence-corrected chi connectivity index (χ0v) is 14.4. The molecule has 0 amide bonds. The molecule has 0 radical (unpaired) electrons. The van der Waals surface area contributed by atoms with Crippen LogP contribution in [-0.2, 0) is 14.3 Å². The van der Waals surface area contributed by atoms with Gasteiger partial charge in [-0.1, -0.05) is 19.8 Å². The quantitative estimate of drug-likeness (QED) is 0.664. The summed E-state index contributed by atoms with van der Waals surface area (Å²) in [6.45, 7) is 9.19. The summed E-state index contributed by atoms with van der Waals surface area (Å²) in [4.78, 5) is 12.4. The van der Waals surface area contributed by atoms with Gasteiger partial charge in [0.05, 0.1) is 13.2 Å². The predicted molar refractivity (Wildman–Crippen MR) is 85.3 cm³/mol. The minimum atomic E-state index is -0.514. The van der Waals surface area contributed by atoms with Gasteiger partial charge in [-0.3, -0.25) is 10.1 Å². The molecule has 4 nitrogen and oxygen atoms in total. The van der Waals surface area contributed by atoms with Crippen molar-refractivity contribution in [2.45, 2.75) is 83.9 Å². The number of nitrogens with one attached hydrogen (secondary N) is 1. The Balaban J connectivity index is 2.63. The highest BCUT2D eigenvalue weighted by molar-refractivity contribution is 5.81. The molecule has 0 heterocycles. The molecule has 0 aromatic carbocycles. The molecule has 21 heavy (non-hydrogen) atoms. The fraction of sp³-hybridized carbons (Fsp3) is 0.941. The Morgan fingerprint density at radius 3 is 2.67 bits per heavy atom. The van der Waals surface area contributed by atoms with Crippen LogP contribution in [0.5, 0.6) is 0 Å². The maximum Gasteiger partial charge on any atom is 0.326 e. The molecular formula is C17H33NO3. The maximum atomic E-state index is 12.4. The van der Waals surface area contributed by atoms with Gasteiger partial charge in [0.1, 0.15) is 5.54 Å². The first kappa shape index (κ1) is 18.4. The van der Waals surface area contributed by atoms with Crippen molar-refractivity contribution in [3.63, 3.8) is 0 Å². The van der Waals surface area contributed by atoms with Gasteiger partial charge in [0, 0.05) is 12.6 Å². The summed E-state index contributed by atoms with van der Waals surface area (Å²) < 4.78 is 11.0. The Hall–Kier alpha value is -0.610. The molecule has 1 saturated carbocycles. The first-order valence-electron chi connectivity index (χ1n) is 8.44. The van der Waals surface area contributed by atoms with E-state index < -0.39 is 5.54 Å². The average Bonchev–Trinajstić information content (AvgIpc) is 2.81. The molecule has 0 bridgehead atoms. The van der Waals surface area contributed by atoms with Crippen LogP contribution >= 0.6 is 0 Å². The number of methoxy groups -OCH3 is 1. The fourth-order valence-corrected chi connectivity index (χ4v) is 3.58. The molecule has 1 aliphatic carbocycles. The Morgan fingerprint density at radius 1 is 1.38 bits per heavy atom. The minimum Gasteiger partial charge on any atom is -0.468 e. The van der Waals surface area contributed by atoms with Gasteiger partial charge in [-0.25, -0.2) is 0 Å². The summed E-state index contributed by atoms with van der Waals surface area (Å²) >= 11 is 0. The van der Waals surface area contributed by atoms with Crippen molar-refractivity contribution in [3.05, 3.63) is 0 Å². The highest BCUT2D eigenvalue weighted by Crippen LogP contribution is 2.39. The van der Waals surface area contributed by atoms with Crippen LogP contribution in [-0.4, -0.2) is 37.4 Å². The van der Waals surface area contributed by atoms with Crippen LogP contribution in [0.3, 0.4) is 0 Å². The summed E-state index contributed by atoms with van der Waals surface area (Å²) in [5.74, 6) is 0.196. The lowest BCUT2D eigenvalue weighted by molar-refractivity contribution is -0.151. The van der Waals surface area contributed by atoms with E-state index in [0.717, 1.165) is 45.1 Å². The van der Waals surface area contributed by atoms with E-state index in [9.17, 15) is 4.79 Å². The molecule has 0 aliphatic heterocycles. The van der Waals surface area contributed by atoms with Crippen molar-refractivity contribution in [2.75, 3.05) is 13.7 Å². The third-order valence-electron chi connectivity index (χ3n) is 4.48. The van der Waals surface area contributed by atoms with E-state index in [0.29, 0.717) is 12.0 Å². The van der Waals surface area contributed by atoms with Crippen LogP contribution in [0.4, 0.5) is 0 Å². The predicted octanol–water partition coefficient (Wildman–Crippen LogP) is 3.29. The van der Waals surface area contributed by atoms with Crippen molar-refractivity contribution < 1.29 is 14.3 Å². The normalized spacial score (nSPS) is 27.0. The lowest BCUT2D eigenvalue weighted by Gasteiger charge is -2.35. The van der Waals surface area contributed by atoms with Crippen LogP contribution in [0.2, 0.25) is 0 Å². The van der Waals surface area contributed by atoms with Gasteiger partial charge in [-0.05, 0) is 52.4 Å². The first-order valence-corrected chi connectivity index (χ1v) is 8.44. The monoisotopic (exact) mass is 299 g/mol. The number of hydrogen-bond donors (Lipinski definition) is 1. The third-order valence-corrected chi connectivity index (χ3v) is 4.48. The van der Waals surface area contributed by atoms with Crippen LogP contribution < -0.4 is 5.32 Å². The second-order valence-electron chi connectivity index (χ2n) is 6.61. The smallest absolute Gasteiger partial charge is 0.326 e. The summed E-state index contributed by atoms with van der Waals surface area (Å²) in [6, 6.07) is 0.268. The van der Waals surface area contributed by atoms with Gasteiger partial charge in [0.2, 0.25) is 0 Å². The van der Waals surface area contributed by atoms with Crippen molar-refractivity contribution in [1.29, 1.82) is 0 Å². The molecular weight excluding hydrogens is 266 g/mol. The molecule has 1 aliphatic rings. The lowest BCUT2D eigenvalue weighted by atomic mass is 9.84. The molecule has 1 fully saturated rings. The summed E-state index contributed by atoms with van der Waals surface area (Å²) in [5.41, 5.74) is -0.514. The third kappa shape index (κ3) is 4.96. The van der Waals surface area contributed by atoms with Gasteiger partial charge in [-0.15, -0.1) is 0 Å². The molecule has 0 aromatic heterocycles. The zero-order valence-electron chi connectivity index (χ0n) is 14.4. The second-order valence-corrected chi connectivity index (χ2v) is 6.61. The first-order chi connectivity index (χ1) is 9.96. The molecule has 0 aromatic rings. The molecule has 3 atom stereocenters. The van der Waals surface area contributed by atoms with Gasteiger partial charge in [-0.2, -0.15) is 0 Å². The Labute approximate surface area is 130 Å². The summed E-state index contributed by atoms with van der Waals surface area (Å²) in [6.07, 6.45) is 6.48. The van der Waals surface area contributed by atoms with E-state index in [1.165, 1.54) is 7.11 Å². The molecule has 0 spiro atoms. The molecule has 3 unspecified atom stereocenters. The maximum absolute atomic E-state index is 12.4. The summed E-state index contributed by atoms with van der Waals surface area (Å²) in [5, 5.41) is 3.49. The largest absolute Gasteiger partial charge is 0.468 e. The van der Waals surface area contributed by atoms with Crippen LogP contribution in [0, 0.1) is 5.92 Å². The lowest BCUT2D eigenvalue weighted by Crippen LogP contribution is -2.57. The van der Waals surface area contributed by atoms with E-state index in [2.05, 4.69) is 33.0 Å². The standard InChI is InChI=1S/C17H33NO3/c1-6-8-14(4)21-12-10-15-9-7-11-17(15,16(19)20-5)18-13(2)3/h13-15,18H,6-12H2,1-5H3. The topological polar surface area (TPSA) is 47.6 Å². The molecule has 0 saturated heterocycles. The SMILES string of the molecule is CCCC(C)OCCC1CCCC1(NC(C)C)C(=O)OC. The minimum absolute atomic E-state index is 0.111. The Kier molecular flexibility index (Phi) is 7.67. The Bertz CT molecular complexity index is 319. The van der Waals surface area contributed by atoms with Crippen molar-refractivity contribution in [1.82, 2.24) is 5.32 Å². The zero-order chi connectivity index (χ0) is 15.9. The van der Waals surface area contributed by atoms with E-state index in [-0.39, 0.29) is 12.0 Å². The van der Waals surface area contributed by atoms with Gasteiger partial charge in [0.15, 0.2) is 0 Å². The van der Waals surface area contributed by atoms with Gasteiger partial charge >= 0.3 is 5.97 Å². The number of carbonyl (C=O) groups excluding carboxylic acids is 1. The molecule has 4 heteroatoms. The number of ether oxygens (including phenoxy) is 2. The van der Waals surface area contributed by atoms with Crippen molar-refractivity contribution in [3.8, 4) is 0 Å². The Morgan fingerprint density at radius 2 is 2.10 bits per heavy atom. The van der Waals surface area contributed by atoms with E-state index in [1.54, 1.807) is 0 Å². The average molecular weight is 299 g/mol. The van der Waals surface area contributed by atoms with Crippen LogP contribution in [0.25, 0.3) is 0 Å². The van der Waals surface area contributed by atoms with Crippen LogP contribution in [0.1, 0.15) is 66.2 Å². The number of hydrogen-bond acceptors (Lipinski definition) is 4. The number of rotatable bonds is 9. The van der Waals surface area contributed by atoms with Crippen LogP contribution in [0.15, 0.2) is 0 Å². The van der Waals surface area contributed by atoms with Crippen molar-refractivity contribution in [2.24, 2.45) is 5.92 Å². The molecule has 124 valence electrons. The highest BCUT2D eigenvalue weighted by atomic mass is 16.5. The molecule has 1 N–H and O–H groups in total. The van der Waals surface area contributed by atoms with E-state index in [4.69, 9.17) is 9.47 Å². The fourth-order valence-electron chi connectivity index (χ4n) is 3.58. The van der Waals surface area contributed by atoms with E-state index >= 15 is 0 Å². The number of carbonyl (C=O) groups is 1.